The van der Waals surface area contributed by atoms with Gasteiger partial charge >= 0.3 is 23.9 Å². The first-order valence-corrected chi connectivity index (χ1v) is 21.1. The van der Waals surface area contributed by atoms with Crippen molar-refractivity contribution in [3.63, 3.8) is 0 Å². The van der Waals surface area contributed by atoms with Crippen molar-refractivity contribution in [2.75, 3.05) is 68.1 Å². The van der Waals surface area contributed by atoms with E-state index < -0.39 is 23.9 Å². The molecular weight excluding hydrogens is 857 g/mol. The Hall–Kier alpha value is -7.88. The van der Waals surface area contributed by atoms with E-state index in [0.29, 0.717) is 55.7 Å². The van der Waals surface area contributed by atoms with Crippen molar-refractivity contribution < 1.29 is 75.4 Å². The van der Waals surface area contributed by atoms with Crippen molar-refractivity contribution in [1.82, 2.24) is 0 Å². The van der Waals surface area contributed by atoms with Gasteiger partial charge in [-0.15, -0.1) is 0 Å². The summed E-state index contributed by atoms with van der Waals surface area (Å²) in [5.74, 6) is -0.423. The molecule has 0 spiro atoms. The fourth-order valence-electron chi connectivity index (χ4n) is 7.56. The van der Waals surface area contributed by atoms with Gasteiger partial charge in [-0.2, -0.15) is 0 Å². The second kappa shape index (κ2) is 20.3. The number of carbonyl (C=O) groups excluding carboxylic acids is 4. The van der Waals surface area contributed by atoms with Gasteiger partial charge in [0, 0.05) is 45.2 Å². The third-order valence-corrected chi connectivity index (χ3v) is 10.3. The molecule has 0 radical (unpaired) electrons. The van der Waals surface area contributed by atoms with E-state index >= 15 is 0 Å². The summed E-state index contributed by atoms with van der Waals surface area (Å²) in [7, 11) is 5.88. The number of furan rings is 2. The maximum Gasteiger partial charge on any atom is 0.342 e. The molecule has 344 valence electrons. The molecule has 6 aromatic rings. The van der Waals surface area contributed by atoms with E-state index in [-0.39, 0.29) is 96.5 Å². The van der Waals surface area contributed by atoms with Crippen molar-refractivity contribution in [3.05, 3.63) is 82.9 Å². The van der Waals surface area contributed by atoms with Crippen molar-refractivity contribution >= 4 is 58.0 Å². The average molecular weight is 905 g/mol. The number of benzene rings is 4. The van der Waals surface area contributed by atoms with Gasteiger partial charge in [-0.05, 0) is 99.5 Å². The highest BCUT2D eigenvalue weighted by atomic mass is 16.6. The molecule has 3 heterocycles. The quantitative estimate of drug-likeness (QED) is 0.0507. The molecule has 7 rings (SSSR count). The fourth-order valence-corrected chi connectivity index (χ4v) is 7.56. The minimum atomic E-state index is -0.680. The summed E-state index contributed by atoms with van der Waals surface area (Å²) < 4.78 is 70.4. The zero-order valence-electron chi connectivity index (χ0n) is 37.7. The van der Waals surface area contributed by atoms with E-state index in [4.69, 9.17) is 56.2 Å². The highest BCUT2D eigenvalue weighted by molar-refractivity contribution is 6.12. The van der Waals surface area contributed by atoms with E-state index in [9.17, 15) is 19.2 Å². The van der Waals surface area contributed by atoms with Crippen LogP contribution in [0.5, 0.6) is 34.5 Å². The standard InChI is InChI=1S/C50H48O16/c1-9-59-39(51)15-13-27-19-33-41(49(53)61-11-3)43(65-47(33)35(21-27)55-5)29-23-31-32-24-30(26-38(58-8)46(32)64-18-17-63-45(31)37(25-29)57-7)44-42(50(54)62-12-4)34-20-28(14-16-40(52)60-10-2)22-36(56-6)48(34)66-44/h13-16,19-26H,9-12,17-18H2,1-8H3/b15-13+,16-14+. The Labute approximate surface area is 379 Å². The van der Waals surface area contributed by atoms with E-state index in [1.54, 1.807) is 88.4 Å². The lowest BCUT2D eigenvalue weighted by Crippen LogP contribution is -2.14. The smallest absolute Gasteiger partial charge is 0.342 e. The SMILES string of the molecule is CCOC(=O)/C=C/c1cc(OC)c2oc(-c3cc(OC)c4c(c3)-c3cc(-c5oc6c(OC)cc(/C=C/C(=O)OCC)cc6c5C(=O)OCC)cc(OC)c3OCCO4)c(C(=O)OCC)c2c1. The van der Waals surface area contributed by atoms with Crippen LogP contribution in [0.3, 0.4) is 0 Å². The zero-order chi connectivity index (χ0) is 47.1. The van der Waals surface area contributed by atoms with Crippen molar-refractivity contribution in [2.45, 2.75) is 27.7 Å². The maximum absolute atomic E-state index is 14.0. The predicted octanol–water partition coefficient (Wildman–Crippen LogP) is 9.49. The Bertz CT molecular complexity index is 2700. The topological polar surface area (TPSA) is 187 Å². The van der Waals surface area contributed by atoms with Crippen LogP contribution in [0.2, 0.25) is 0 Å². The Morgan fingerprint density at radius 2 is 0.879 bits per heavy atom. The Kier molecular flexibility index (Phi) is 14.2. The zero-order valence-corrected chi connectivity index (χ0v) is 37.7. The van der Waals surface area contributed by atoms with Crippen LogP contribution >= 0.6 is 0 Å². The lowest BCUT2D eigenvalue weighted by Gasteiger charge is -2.24. The molecule has 66 heavy (non-hydrogen) atoms. The van der Waals surface area contributed by atoms with Crippen LogP contribution < -0.4 is 28.4 Å². The largest absolute Gasteiger partial charge is 0.493 e. The normalized spacial score (nSPS) is 12.1. The number of carbonyl (C=O) groups is 4. The van der Waals surface area contributed by atoms with Gasteiger partial charge in [-0.25, -0.2) is 19.2 Å². The van der Waals surface area contributed by atoms with Gasteiger partial charge in [0.1, 0.15) is 35.9 Å². The molecule has 0 N–H and O–H groups in total. The fraction of sp³-hybridized carbons (Fsp3) is 0.280. The summed E-state index contributed by atoms with van der Waals surface area (Å²) in [4.78, 5) is 52.4. The first kappa shape index (κ1) is 46.1. The lowest BCUT2D eigenvalue weighted by atomic mass is 9.94. The molecule has 1 aliphatic rings. The van der Waals surface area contributed by atoms with Gasteiger partial charge in [-0.3, -0.25) is 0 Å². The Balaban J connectivity index is 1.49. The van der Waals surface area contributed by atoms with E-state index in [1.165, 1.54) is 40.6 Å². The molecule has 0 saturated heterocycles. The molecule has 16 heteroatoms. The summed E-state index contributed by atoms with van der Waals surface area (Å²) in [5, 5.41) is 0.708. The summed E-state index contributed by atoms with van der Waals surface area (Å²) in [6.45, 7) is 7.56. The molecule has 16 nitrogen and oxygen atoms in total. The molecule has 2 aromatic heterocycles. The van der Waals surface area contributed by atoms with E-state index in [2.05, 4.69) is 0 Å². The number of methoxy groups -OCH3 is 4. The third kappa shape index (κ3) is 9.07. The number of fused-ring (bicyclic) bond motifs is 5. The molecule has 0 amide bonds. The summed E-state index contributed by atoms with van der Waals surface area (Å²) in [5.41, 5.74) is 3.30. The minimum Gasteiger partial charge on any atom is -0.493 e. The summed E-state index contributed by atoms with van der Waals surface area (Å²) in [6.07, 6.45) is 5.64. The molecule has 1 aliphatic heterocycles. The highest BCUT2D eigenvalue weighted by Gasteiger charge is 2.32. The van der Waals surface area contributed by atoms with Gasteiger partial charge in [0.15, 0.2) is 45.7 Å². The molecule has 0 atom stereocenters. The van der Waals surface area contributed by atoms with Crippen molar-refractivity contribution in [1.29, 1.82) is 0 Å². The lowest BCUT2D eigenvalue weighted by molar-refractivity contribution is -0.138. The number of ether oxygens (including phenoxy) is 10. The molecule has 0 unspecified atom stereocenters. The molecule has 0 aliphatic carbocycles. The minimum absolute atomic E-state index is 0.0617. The van der Waals surface area contributed by atoms with Gasteiger partial charge in [-0.1, -0.05) is 0 Å². The molecular formula is C50H48O16. The van der Waals surface area contributed by atoms with Gasteiger partial charge in [0.2, 0.25) is 0 Å². The predicted molar refractivity (Wildman–Crippen MR) is 243 cm³/mol. The Morgan fingerprint density at radius 1 is 0.500 bits per heavy atom. The van der Waals surface area contributed by atoms with Crippen LogP contribution in [0.1, 0.15) is 59.5 Å². The molecule has 0 bridgehead atoms. The second-order valence-electron chi connectivity index (χ2n) is 14.2. The van der Waals surface area contributed by atoms with Gasteiger partial charge in [0.05, 0.1) is 54.9 Å². The maximum atomic E-state index is 14.0. The van der Waals surface area contributed by atoms with Crippen LogP contribution in [0.25, 0.3) is 67.9 Å². The van der Waals surface area contributed by atoms with E-state index in [0.717, 1.165) is 0 Å². The number of hydrogen-bond donors (Lipinski definition) is 0. The average Bonchev–Trinajstić information content (AvgIpc) is 3.90. The van der Waals surface area contributed by atoms with Crippen LogP contribution in [0.4, 0.5) is 0 Å². The Morgan fingerprint density at radius 3 is 1.23 bits per heavy atom. The van der Waals surface area contributed by atoms with Gasteiger partial charge in [0.25, 0.3) is 0 Å². The van der Waals surface area contributed by atoms with Crippen LogP contribution in [0.15, 0.2) is 69.5 Å². The second-order valence-corrected chi connectivity index (χ2v) is 14.2. The van der Waals surface area contributed by atoms with Gasteiger partial charge < -0.3 is 56.2 Å². The number of rotatable bonds is 16. The third-order valence-electron chi connectivity index (χ3n) is 10.3. The van der Waals surface area contributed by atoms with Crippen molar-refractivity contribution in [2.24, 2.45) is 0 Å². The monoisotopic (exact) mass is 904 g/mol. The number of esters is 4. The summed E-state index contributed by atoms with van der Waals surface area (Å²) in [6, 6.07) is 13.5. The van der Waals surface area contributed by atoms with Crippen LogP contribution in [-0.4, -0.2) is 92.0 Å². The molecule has 0 saturated carbocycles. The number of hydrogen-bond acceptors (Lipinski definition) is 16. The van der Waals surface area contributed by atoms with E-state index in [1.807, 2.05) is 0 Å². The molecule has 0 fully saturated rings. The van der Waals surface area contributed by atoms with Crippen LogP contribution in [-0.2, 0) is 28.5 Å². The first-order chi connectivity index (χ1) is 32.0. The summed E-state index contributed by atoms with van der Waals surface area (Å²) >= 11 is 0. The van der Waals surface area contributed by atoms with Crippen molar-refractivity contribution in [3.8, 4) is 68.3 Å². The first-order valence-electron chi connectivity index (χ1n) is 21.1. The van der Waals surface area contributed by atoms with Crippen LogP contribution in [0, 0.1) is 0 Å². The molecule has 4 aromatic carbocycles. The highest BCUT2D eigenvalue weighted by Crippen LogP contribution is 2.52.